The van der Waals surface area contributed by atoms with E-state index in [1.165, 1.54) is 11.1 Å². The first-order valence-electron chi connectivity index (χ1n) is 11.8. The van der Waals surface area contributed by atoms with E-state index in [4.69, 9.17) is 4.98 Å². The number of aromatic nitrogens is 1. The number of carbonyl (C=O) groups excluding carboxylic acids is 2. The first-order chi connectivity index (χ1) is 16.1. The van der Waals surface area contributed by atoms with Gasteiger partial charge in [-0.1, -0.05) is 36.4 Å². The Bertz CT molecular complexity index is 1200. The van der Waals surface area contributed by atoms with Crippen molar-refractivity contribution in [2.45, 2.75) is 57.2 Å². The average Bonchev–Trinajstić information content (AvgIpc) is 3.70. The van der Waals surface area contributed by atoms with Crippen LogP contribution in [-0.4, -0.2) is 35.9 Å². The quantitative estimate of drug-likeness (QED) is 0.611. The van der Waals surface area contributed by atoms with Crippen molar-refractivity contribution in [2.75, 3.05) is 11.9 Å². The van der Waals surface area contributed by atoms with Gasteiger partial charge in [0.25, 0.3) is 0 Å². The molecule has 1 aliphatic heterocycles. The minimum Gasteiger partial charge on any atom is -0.343 e. The monoisotopic (exact) mass is 442 g/mol. The number of benzene rings is 2. The molecule has 2 atom stereocenters. The largest absolute Gasteiger partial charge is 0.343 e. The van der Waals surface area contributed by atoms with E-state index in [-0.39, 0.29) is 17.9 Å². The third kappa shape index (κ3) is 4.23. The van der Waals surface area contributed by atoms with Crippen LogP contribution in [0.2, 0.25) is 0 Å². The second-order valence-electron chi connectivity index (χ2n) is 9.15. The number of amides is 2. The fourth-order valence-electron chi connectivity index (χ4n) is 4.74. The minimum atomic E-state index is -0.557. The summed E-state index contributed by atoms with van der Waals surface area (Å²) in [5, 5.41) is 7.05. The van der Waals surface area contributed by atoms with Gasteiger partial charge in [0, 0.05) is 17.3 Å². The van der Waals surface area contributed by atoms with Crippen LogP contribution in [0.5, 0.6) is 0 Å². The van der Waals surface area contributed by atoms with Gasteiger partial charge in [0.1, 0.15) is 6.04 Å². The first kappa shape index (κ1) is 21.6. The molecule has 2 N–H and O–H groups in total. The summed E-state index contributed by atoms with van der Waals surface area (Å²) in [4.78, 5) is 33.1. The lowest BCUT2D eigenvalue weighted by molar-refractivity contribution is -0.128. The fourth-order valence-corrected chi connectivity index (χ4v) is 4.74. The summed E-state index contributed by atoms with van der Waals surface area (Å²) >= 11 is 0. The molecular formula is C27H30N4O2. The number of aryl methyl sites for hydroxylation is 1. The van der Waals surface area contributed by atoms with Crippen LogP contribution in [-0.2, 0) is 22.6 Å². The van der Waals surface area contributed by atoms with Gasteiger partial charge in [-0.25, -0.2) is 0 Å². The van der Waals surface area contributed by atoms with E-state index in [1.807, 2.05) is 47.5 Å². The molecule has 0 spiro atoms. The molecule has 0 saturated heterocycles. The van der Waals surface area contributed by atoms with Gasteiger partial charge in [-0.05, 0) is 74.4 Å². The lowest BCUT2D eigenvalue weighted by atomic mass is 9.99. The zero-order valence-corrected chi connectivity index (χ0v) is 19.2. The molecular weight excluding hydrogens is 412 g/mol. The van der Waals surface area contributed by atoms with E-state index in [1.54, 1.807) is 14.0 Å². The molecule has 1 aromatic heterocycles. The molecule has 0 radical (unpaired) electrons. The minimum absolute atomic E-state index is 0.0563. The van der Waals surface area contributed by atoms with Crippen molar-refractivity contribution in [1.82, 2.24) is 15.6 Å². The summed E-state index contributed by atoms with van der Waals surface area (Å²) in [5.74, 6) is 0.301. The second kappa shape index (κ2) is 8.94. The van der Waals surface area contributed by atoms with Crippen LogP contribution in [0.25, 0.3) is 10.9 Å². The van der Waals surface area contributed by atoms with Crippen LogP contribution in [0.4, 0.5) is 5.69 Å². The van der Waals surface area contributed by atoms with Gasteiger partial charge < -0.3 is 15.5 Å². The van der Waals surface area contributed by atoms with Crippen molar-refractivity contribution in [3.63, 3.8) is 0 Å². The fraction of sp³-hybridized carbons (Fsp3) is 0.370. The summed E-state index contributed by atoms with van der Waals surface area (Å²) in [6, 6.07) is 15.3. The van der Waals surface area contributed by atoms with E-state index < -0.39 is 6.04 Å². The van der Waals surface area contributed by atoms with E-state index in [0.29, 0.717) is 18.9 Å². The van der Waals surface area contributed by atoms with Gasteiger partial charge in [0.05, 0.1) is 18.1 Å². The van der Waals surface area contributed by atoms with Gasteiger partial charge in [0.15, 0.2) is 0 Å². The molecule has 3 aromatic rings. The number of likely N-dealkylation sites (N-methyl/N-ethyl adjacent to an activating group) is 1. The molecule has 6 nitrogen and oxygen atoms in total. The van der Waals surface area contributed by atoms with E-state index in [9.17, 15) is 9.59 Å². The zero-order chi connectivity index (χ0) is 22.9. The van der Waals surface area contributed by atoms with Crippen LogP contribution in [0.1, 0.15) is 48.8 Å². The highest BCUT2D eigenvalue weighted by Gasteiger charge is 2.34. The number of anilines is 1. The van der Waals surface area contributed by atoms with Crippen LogP contribution >= 0.6 is 0 Å². The number of hydrogen-bond acceptors (Lipinski definition) is 4. The van der Waals surface area contributed by atoms with Crippen molar-refractivity contribution in [1.29, 1.82) is 0 Å². The Morgan fingerprint density at radius 3 is 2.67 bits per heavy atom. The van der Waals surface area contributed by atoms with Gasteiger partial charge in [-0.3, -0.25) is 14.6 Å². The molecule has 6 heteroatoms. The van der Waals surface area contributed by atoms with Gasteiger partial charge in [-0.15, -0.1) is 0 Å². The normalized spacial score (nSPS) is 19.2. The van der Waals surface area contributed by atoms with Crippen LogP contribution in [0.15, 0.2) is 54.7 Å². The summed E-state index contributed by atoms with van der Waals surface area (Å²) in [6.07, 6.45) is 5.65. The summed E-state index contributed by atoms with van der Waals surface area (Å²) in [7, 11) is 1.75. The Morgan fingerprint density at radius 2 is 1.88 bits per heavy atom. The predicted octanol–water partition coefficient (Wildman–Crippen LogP) is 3.68. The molecule has 1 fully saturated rings. The first-order valence-corrected chi connectivity index (χ1v) is 11.8. The number of rotatable bonds is 6. The van der Waals surface area contributed by atoms with Gasteiger partial charge in [-0.2, -0.15) is 0 Å². The predicted molar refractivity (Wildman–Crippen MR) is 130 cm³/mol. The lowest BCUT2D eigenvalue weighted by Gasteiger charge is -2.28. The molecule has 1 aliphatic carbocycles. The molecule has 0 bridgehead atoms. The van der Waals surface area contributed by atoms with E-state index in [0.717, 1.165) is 41.4 Å². The number of carbonyl (C=O) groups is 2. The maximum Gasteiger partial charge on any atom is 0.249 e. The number of para-hydroxylation sites is 2. The Hall–Kier alpha value is -3.25. The van der Waals surface area contributed by atoms with Crippen molar-refractivity contribution < 1.29 is 9.59 Å². The maximum absolute atomic E-state index is 13.9. The number of fused-ring (bicyclic) bond motifs is 2. The van der Waals surface area contributed by atoms with Gasteiger partial charge in [0.2, 0.25) is 11.8 Å². The van der Waals surface area contributed by atoms with Gasteiger partial charge >= 0.3 is 0 Å². The number of nitrogens with zero attached hydrogens (tertiary/aromatic N) is 2. The third-order valence-electron chi connectivity index (χ3n) is 6.95. The standard InChI is InChI=1S/C27H30N4O2/c1-17(28-2)26(32)30-24-14-13-19-7-3-6-10-25(19)31(27(24)33)16-22-20-8-4-5-9-23(20)29-15-21(22)18-11-12-18/h3-10,15,17-18,24,28H,11-14,16H2,1-2H3,(H,30,32)/t17-,24-/m0/s1. The molecule has 2 amide bonds. The van der Waals surface area contributed by atoms with Crippen LogP contribution in [0.3, 0.4) is 0 Å². The molecule has 0 unspecified atom stereocenters. The topological polar surface area (TPSA) is 74.3 Å². The Morgan fingerprint density at radius 1 is 1.12 bits per heavy atom. The Kier molecular flexibility index (Phi) is 5.85. The molecule has 1 saturated carbocycles. The highest BCUT2D eigenvalue weighted by molar-refractivity contribution is 6.01. The van der Waals surface area contributed by atoms with Crippen molar-refractivity contribution >= 4 is 28.4 Å². The Balaban J connectivity index is 1.56. The Labute approximate surface area is 194 Å². The molecule has 2 heterocycles. The molecule has 2 aromatic carbocycles. The maximum atomic E-state index is 13.9. The molecule has 5 rings (SSSR count). The zero-order valence-electron chi connectivity index (χ0n) is 19.2. The SMILES string of the molecule is CN[C@@H](C)C(=O)N[C@H]1CCc2ccccc2N(Cc2c(C3CC3)cnc3ccccc23)C1=O. The number of hydrogen-bond donors (Lipinski definition) is 2. The van der Waals surface area contributed by atoms with Crippen LogP contribution in [0, 0.1) is 0 Å². The summed E-state index contributed by atoms with van der Waals surface area (Å²) in [5.41, 5.74) is 5.42. The highest BCUT2D eigenvalue weighted by Crippen LogP contribution is 2.43. The van der Waals surface area contributed by atoms with Crippen LogP contribution < -0.4 is 15.5 Å². The highest BCUT2D eigenvalue weighted by atomic mass is 16.2. The van der Waals surface area contributed by atoms with Crippen molar-refractivity contribution in [3.05, 3.63) is 71.4 Å². The summed E-state index contributed by atoms with van der Waals surface area (Å²) < 4.78 is 0. The number of nitrogens with one attached hydrogen (secondary N) is 2. The van der Waals surface area contributed by atoms with E-state index in [2.05, 4.69) is 22.8 Å². The number of pyridine rings is 1. The lowest BCUT2D eigenvalue weighted by Crippen LogP contribution is -2.52. The van der Waals surface area contributed by atoms with Crippen molar-refractivity contribution in [2.24, 2.45) is 0 Å². The molecule has 170 valence electrons. The molecule has 33 heavy (non-hydrogen) atoms. The molecule has 2 aliphatic rings. The average molecular weight is 443 g/mol. The summed E-state index contributed by atoms with van der Waals surface area (Å²) in [6.45, 7) is 2.27. The van der Waals surface area contributed by atoms with E-state index >= 15 is 0 Å². The smallest absolute Gasteiger partial charge is 0.249 e. The van der Waals surface area contributed by atoms with Crippen molar-refractivity contribution in [3.8, 4) is 0 Å². The third-order valence-corrected chi connectivity index (χ3v) is 6.95. The second-order valence-corrected chi connectivity index (χ2v) is 9.15.